The van der Waals surface area contributed by atoms with Crippen molar-refractivity contribution in [1.29, 1.82) is 0 Å². The summed E-state index contributed by atoms with van der Waals surface area (Å²) in [5.41, 5.74) is 8.15. The van der Waals surface area contributed by atoms with Crippen LogP contribution in [0.4, 0.5) is 0 Å². The molecule has 0 aliphatic carbocycles. The van der Waals surface area contributed by atoms with Crippen LogP contribution in [0.1, 0.15) is 33.4 Å². The Morgan fingerprint density at radius 2 is 0.909 bits per heavy atom. The van der Waals surface area contributed by atoms with Gasteiger partial charge in [0.1, 0.15) is 0 Å². The van der Waals surface area contributed by atoms with Gasteiger partial charge in [-0.2, -0.15) is 0 Å². The number of rotatable bonds is 4. The molecule has 0 saturated heterocycles. The SMILES string of the molecule is Cc1ccc(Cc2cccc(Cc3ccc(C)cc3)c2)cc1. The summed E-state index contributed by atoms with van der Waals surface area (Å²) < 4.78 is 0. The van der Waals surface area contributed by atoms with E-state index in [-0.39, 0.29) is 0 Å². The first-order chi connectivity index (χ1) is 10.7. The molecule has 0 N–H and O–H groups in total. The van der Waals surface area contributed by atoms with Crippen LogP contribution < -0.4 is 0 Å². The molecular weight excluding hydrogens is 264 g/mol. The second-order valence-electron chi connectivity index (χ2n) is 6.14. The number of hydrogen-bond acceptors (Lipinski definition) is 0. The lowest BCUT2D eigenvalue weighted by Gasteiger charge is -2.07. The quantitative estimate of drug-likeness (QED) is 0.595. The molecule has 22 heavy (non-hydrogen) atoms. The van der Waals surface area contributed by atoms with Gasteiger partial charge in [-0.3, -0.25) is 0 Å². The lowest BCUT2D eigenvalue weighted by atomic mass is 9.98. The van der Waals surface area contributed by atoms with E-state index in [1.807, 2.05) is 0 Å². The van der Waals surface area contributed by atoms with Gasteiger partial charge in [0, 0.05) is 0 Å². The van der Waals surface area contributed by atoms with E-state index in [0.29, 0.717) is 0 Å². The molecule has 0 aliphatic heterocycles. The summed E-state index contributed by atoms with van der Waals surface area (Å²) in [4.78, 5) is 0. The van der Waals surface area contributed by atoms with E-state index in [1.165, 1.54) is 33.4 Å². The predicted octanol–water partition coefficient (Wildman–Crippen LogP) is 5.49. The zero-order valence-corrected chi connectivity index (χ0v) is 13.3. The number of hydrogen-bond donors (Lipinski definition) is 0. The Morgan fingerprint density at radius 3 is 1.32 bits per heavy atom. The molecule has 0 saturated carbocycles. The second kappa shape index (κ2) is 6.62. The van der Waals surface area contributed by atoms with Gasteiger partial charge >= 0.3 is 0 Å². The third-order valence-corrected chi connectivity index (χ3v) is 4.05. The average Bonchev–Trinajstić information content (AvgIpc) is 2.52. The van der Waals surface area contributed by atoms with E-state index < -0.39 is 0 Å². The molecule has 0 heteroatoms. The first-order valence-corrected chi connectivity index (χ1v) is 7.88. The van der Waals surface area contributed by atoms with Crippen molar-refractivity contribution in [3.8, 4) is 0 Å². The molecule has 0 radical (unpaired) electrons. The minimum absolute atomic E-state index is 1.00. The maximum atomic E-state index is 2.33. The maximum Gasteiger partial charge on any atom is -0.00257 e. The summed E-state index contributed by atoms with van der Waals surface area (Å²) in [5.74, 6) is 0. The van der Waals surface area contributed by atoms with Crippen molar-refractivity contribution in [2.45, 2.75) is 26.7 Å². The summed E-state index contributed by atoms with van der Waals surface area (Å²) >= 11 is 0. The Labute approximate surface area is 133 Å². The molecule has 3 aromatic carbocycles. The van der Waals surface area contributed by atoms with Gasteiger partial charge in [0.05, 0.1) is 0 Å². The molecule has 0 spiro atoms. The van der Waals surface area contributed by atoms with Gasteiger partial charge in [-0.25, -0.2) is 0 Å². The summed E-state index contributed by atoms with van der Waals surface area (Å²) in [6, 6.07) is 26.6. The molecule has 0 unspecified atom stereocenters. The topological polar surface area (TPSA) is 0 Å². The molecule has 0 nitrogen and oxygen atoms in total. The van der Waals surface area contributed by atoms with Crippen molar-refractivity contribution in [3.05, 3.63) is 106 Å². The highest BCUT2D eigenvalue weighted by molar-refractivity contribution is 5.34. The van der Waals surface area contributed by atoms with Gasteiger partial charge in [0.25, 0.3) is 0 Å². The third kappa shape index (κ3) is 3.85. The van der Waals surface area contributed by atoms with Crippen LogP contribution in [0.3, 0.4) is 0 Å². The zero-order chi connectivity index (χ0) is 15.4. The van der Waals surface area contributed by atoms with Gasteiger partial charge in [-0.05, 0) is 48.9 Å². The fraction of sp³-hybridized carbons (Fsp3) is 0.182. The summed E-state index contributed by atoms with van der Waals surface area (Å²) in [6.45, 7) is 4.26. The first-order valence-electron chi connectivity index (χ1n) is 7.88. The molecule has 0 amide bonds. The monoisotopic (exact) mass is 286 g/mol. The summed E-state index contributed by atoms with van der Waals surface area (Å²) in [5, 5.41) is 0. The number of benzene rings is 3. The molecule has 0 heterocycles. The molecule has 0 aliphatic rings. The van der Waals surface area contributed by atoms with Crippen molar-refractivity contribution in [2.75, 3.05) is 0 Å². The van der Waals surface area contributed by atoms with E-state index >= 15 is 0 Å². The number of aryl methyl sites for hydroxylation is 2. The largest absolute Gasteiger partial charge is 0.0617 e. The Bertz CT molecular complexity index is 671. The van der Waals surface area contributed by atoms with Crippen molar-refractivity contribution in [2.24, 2.45) is 0 Å². The van der Waals surface area contributed by atoms with E-state index in [1.54, 1.807) is 0 Å². The third-order valence-electron chi connectivity index (χ3n) is 4.05. The van der Waals surface area contributed by atoms with Crippen molar-refractivity contribution < 1.29 is 0 Å². The van der Waals surface area contributed by atoms with Crippen LogP contribution in [0, 0.1) is 13.8 Å². The van der Waals surface area contributed by atoms with E-state index in [9.17, 15) is 0 Å². The predicted molar refractivity (Wildman–Crippen MR) is 94.4 cm³/mol. The Balaban J connectivity index is 1.74. The van der Waals surface area contributed by atoms with E-state index in [2.05, 4.69) is 86.6 Å². The molecule has 0 fully saturated rings. The Hall–Kier alpha value is -2.34. The smallest absolute Gasteiger partial charge is 0.00257 e. The van der Waals surface area contributed by atoms with Crippen LogP contribution in [-0.2, 0) is 12.8 Å². The fourth-order valence-corrected chi connectivity index (χ4v) is 2.73. The van der Waals surface area contributed by atoms with Gasteiger partial charge in [0.15, 0.2) is 0 Å². The van der Waals surface area contributed by atoms with Crippen molar-refractivity contribution in [1.82, 2.24) is 0 Å². The van der Waals surface area contributed by atoms with Crippen LogP contribution in [0.5, 0.6) is 0 Å². The molecule has 3 aromatic rings. The molecule has 3 rings (SSSR count). The molecule has 0 bridgehead atoms. The highest BCUT2D eigenvalue weighted by atomic mass is 14.1. The van der Waals surface area contributed by atoms with Crippen LogP contribution in [0.25, 0.3) is 0 Å². The minimum Gasteiger partial charge on any atom is -0.0617 e. The van der Waals surface area contributed by atoms with Crippen LogP contribution in [-0.4, -0.2) is 0 Å². The van der Waals surface area contributed by atoms with Crippen LogP contribution in [0.15, 0.2) is 72.8 Å². The lowest BCUT2D eigenvalue weighted by molar-refractivity contribution is 1.13. The summed E-state index contributed by atoms with van der Waals surface area (Å²) in [7, 11) is 0. The van der Waals surface area contributed by atoms with E-state index in [4.69, 9.17) is 0 Å². The second-order valence-corrected chi connectivity index (χ2v) is 6.14. The van der Waals surface area contributed by atoms with Crippen LogP contribution in [0.2, 0.25) is 0 Å². The molecule has 0 atom stereocenters. The zero-order valence-electron chi connectivity index (χ0n) is 13.3. The molecule has 110 valence electrons. The van der Waals surface area contributed by atoms with Gasteiger partial charge in [-0.15, -0.1) is 0 Å². The molecule has 0 aromatic heterocycles. The first kappa shape index (κ1) is 14.6. The highest BCUT2D eigenvalue weighted by Gasteiger charge is 2.00. The van der Waals surface area contributed by atoms with Crippen molar-refractivity contribution in [3.63, 3.8) is 0 Å². The maximum absolute atomic E-state index is 2.33. The summed E-state index contributed by atoms with van der Waals surface area (Å²) in [6.07, 6.45) is 2.00. The van der Waals surface area contributed by atoms with Gasteiger partial charge < -0.3 is 0 Å². The Morgan fingerprint density at radius 1 is 0.500 bits per heavy atom. The lowest BCUT2D eigenvalue weighted by Crippen LogP contribution is -1.92. The van der Waals surface area contributed by atoms with E-state index in [0.717, 1.165) is 12.8 Å². The van der Waals surface area contributed by atoms with Crippen LogP contribution >= 0.6 is 0 Å². The Kier molecular flexibility index (Phi) is 4.39. The van der Waals surface area contributed by atoms with Gasteiger partial charge in [-0.1, -0.05) is 83.9 Å². The van der Waals surface area contributed by atoms with Gasteiger partial charge in [0.2, 0.25) is 0 Å². The normalized spacial score (nSPS) is 10.6. The average molecular weight is 286 g/mol. The molecular formula is C22H22. The minimum atomic E-state index is 1.00. The standard InChI is InChI=1S/C22H22/c1-17-6-10-19(11-7-17)14-21-4-3-5-22(16-21)15-20-12-8-18(2)9-13-20/h3-13,16H,14-15H2,1-2H3. The van der Waals surface area contributed by atoms with Crippen molar-refractivity contribution >= 4 is 0 Å². The highest BCUT2D eigenvalue weighted by Crippen LogP contribution is 2.15. The fourth-order valence-electron chi connectivity index (χ4n) is 2.73.